The molecule has 2 fully saturated rings. The van der Waals surface area contributed by atoms with Crippen LogP contribution in [0.3, 0.4) is 0 Å². The number of carbonyl (C=O) groups excluding carboxylic acids is 1. The van der Waals surface area contributed by atoms with Crippen LogP contribution >= 0.6 is 0 Å². The van der Waals surface area contributed by atoms with Crippen molar-refractivity contribution >= 4 is 28.7 Å². The Balaban J connectivity index is 1.23. The molecule has 0 aliphatic carbocycles. The Morgan fingerprint density at radius 3 is 2.39 bits per heavy atom. The summed E-state index contributed by atoms with van der Waals surface area (Å²) >= 11 is 0. The molecule has 0 atom stereocenters. The average molecular weight is 419 g/mol. The predicted molar refractivity (Wildman–Crippen MR) is 124 cm³/mol. The van der Waals surface area contributed by atoms with Gasteiger partial charge in [-0.15, -0.1) is 0 Å². The highest BCUT2D eigenvalue weighted by Crippen LogP contribution is 2.20. The molecule has 2 aromatic heterocycles. The Morgan fingerprint density at radius 2 is 1.61 bits per heavy atom. The van der Waals surface area contributed by atoms with Crippen LogP contribution in [0, 0.1) is 0 Å². The number of rotatable bonds is 3. The topological polar surface area (TPSA) is 68.4 Å². The molecule has 0 bridgehead atoms. The molecule has 0 unspecified atom stereocenters. The van der Waals surface area contributed by atoms with Gasteiger partial charge in [0.2, 0.25) is 5.95 Å². The Hall–Kier alpha value is -3.09. The summed E-state index contributed by atoms with van der Waals surface area (Å²) in [6.07, 6.45) is 7.71. The van der Waals surface area contributed by atoms with E-state index in [0.717, 1.165) is 61.9 Å². The van der Waals surface area contributed by atoms with Gasteiger partial charge in [0.25, 0.3) is 5.91 Å². The third kappa shape index (κ3) is 4.36. The molecule has 2 aliphatic rings. The van der Waals surface area contributed by atoms with E-state index >= 15 is 0 Å². The van der Waals surface area contributed by atoms with Gasteiger partial charge in [0.1, 0.15) is 5.82 Å². The van der Waals surface area contributed by atoms with Crippen molar-refractivity contribution in [2.45, 2.75) is 32.1 Å². The van der Waals surface area contributed by atoms with Crippen LogP contribution in [0.2, 0.25) is 0 Å². The third-order valence-electron chi connectivity index (χ3n) is 6.38. The van der Waals surface area contributed by atoms with Crippen LogP contribution < -0.4 is 9.80 Å². The van der Waals surface area contributed by atoms with Crippen molar-refractivity contribution in [1.82, 2.24) is 19.9 Å². The smallest absolute Gasteiger partial charge is 0.255 e. The minimum Gasteiger partial charge on any atom is -0.357 e. The fourth-order valence-electron chi connectivity index (χ4n) is 4.60. The van der Waals surface area contributed by atoms with Crippen molar-refractivity contribution in [3.05, 3.63) is 48.2 Å². The van der Waals surface area contributed by atoms with Gasteiger partial charge in [0.15, 0.2) is 0 Å². The highest BCUT2D eigenvalue weighted by atomic mass is 16.2. The van der Waals surface area contributed by atoms with Gasteiger partial charge in [-0.2, -0.15) is 0 Å². The maximum Gasteiger partial charge on any atom is 0.255 e. The number of imidazole rings is 1. The van der Waals surface area contributed by atoms with Crippen LogP contribution in [0.5, 0.6) is 0 Å². The van der Waals surface area contributed by atoms with E-state index < -0.39 is 0 Å². The highest BCUT2D eigenvalue weighted by molar-refractivity contribution is 5.94. The quantitative estimate of drug-likeness (QED) is 0.703. The minimum atomic E-state index is 0.0707. The van der Waals surface area contributed by atoms with Crippen LogP contribution in [0.25, 0.3) is 11.0 Å². The van der Waals surface area contributed by atoms with Crippen molar-refractivity contribution in [2.75, 3.05) is 49.1 Å². The van der Waals surface area contributed by atoms with E-state index in [4.69, 9.17) is 4.98 Å². The number of benzene rings is 1. The van der Waals surface area contributed by atoms with Gasteiger partial charge in [-0.05, 0) is 43.5 Å². The first-order chi connectivity index (χ1) is 15.3. The molecule has 4 heterocycles. The lowest BCUT2D eigenvalue weighted by Gasteiger charge is -2.23. The van der Waals surface area contributed by atoms with Crippen LogP contribution in [0.4, 0.5) is 11.8 Å². The largest absolute Gasteiger partial charge is 0.357 e. The zero-order valence-corrected chi connectivity index (χ0v) is 18.0. The normalized spacial score (nSPS) is 18.1. The molecular weight excluding hydrogens is 388 g/mol. The maximum absolute atomic E-state index is 13.1. The van der Waals surface area contributed by atoms with Crippen LogP contribution in [0.1, 0.15) is 42.5 Å². The average Bonchev–Trinajstić information content (AvgIpc) is 2.98. The first-order valence-electron chi connectivity index (χ1n) is 11.5. The number of amides is 1. The van der Waals surface area contributed by atoms with E-state index in [-0.39, 0.29) is 5.91 Å². The fraction of sp³-hybridized carbons (Fsp3) is 0.458. The zero-order chi connectivity index (χ0) is 21.0. The molecule has 3 aromatic rings. The Morgan fingerprint density at radius 1 is 0.806 bits per heavy atom. The lowest BCUT2D eigenvalue weighted by Crippen LogP contribution is -2.35. The SMILES string of the molecule is O=C(c1ccc(N2CCCCCC2)nc1)N1CCCN(c2nc3ccccc3[nH]2)CC1. The van der Waals surface area contributed by atoms with Gasteiger partial charge in [-0.3, -0.25) is 4.79 Å². The Kier molecular flexibility index (Phi) is 5.74. The van der Waals surface area contributed by atoms with Gasteiger partial charge in [-0.1, -0.05) is 25.0 Å². The molecule has 0 saturated carbocycles. The lowest BCUT2D eigenvalue weighted by atomic mass is 10.2. The lowest BCUT2D eigenvalue weighted by molar-refractivity contribution is 0.0766. The van der Waals surface area contributed by atoms with Gasteiger partial charge < -0.3 is 19.7 Å². The molecule has 162 valence electrons. The van der Waals surface area contributed by atoms with Crippen molar-refractivity contribution in [1.29, 1.82) is 0 Å². The summed E-state index contributed by atoms with van der Waals surface area (Å²) in [5, 5.41) is 0. The second-order valence-electron chi connectivity index (χ2n) is 8.52. The zero-order valence-electron chi connectivity index (χ0n) is 18.0. The molecule has 1 amide bonds. The summed E-state index contributed by atoms with van der Waals surface area (Å²) in [5.74, 6) is 1.95. The van der Waals surface area contributed by atoms with Gasteiger partial charge >= 0.3 is 0 Å². The summed E-state index contributed by atoms with van der Waals surface area (Å²) in [7, 11) is 0. The standard InChI is InChI=1S/C24H30N6O/c31-23(19-10-11-22(25-18-19)28-12-5-1-2-6-13-28)29-14-7-15-30(17-16-29)24-26-20-8-3-4-9-21(20)27-24/h3-4,8-11,18H,1-2,5-7,12-17H2,(H,26,27). The first-order valence-corrected chi connectivity index (χ1v) is 11.5. The van der Waals surface area contributed by atoms with Gasteiger partial charge in [0, 0.05) is 45.5 Å². The van der Waals surface area contributed by atoms with E-state index in [9.17, 15) is 4.79 Å². The number of hydrogen-bond acceptors (Lipinski definition) is 5. The van der Waals surface area contributed by atoms with Gasteiger partial charge in [-0.25, -0.2) is 9.97 Å². The molecule has 5 rings (SSSR count). The van der Waals surface area contributed by atoms with Gasteiger partial charge in [0.05, 0.1) is 16.6 Å². The van der Waals surface area contributed by atoms with Crippen molar-refractivity contribution in [3.63, 3.8) is 0 Å². The maximum atomic E-state index is 13.1. The summed E-state index contributed by atoms with van der Waals surface area (Å²) in [4.78, 5) is 32.4. The number of para-hydroxylation sites is 2. The molecule has 1 aromatic carbocycles. The monoisotopic (exact) mass is 418 g/mol. The molecule has 2 aliphatic heterocycles. The number of aromatic amines is 1. The number of nitrogens with zero attached hydrogens (tertiary/aromatic N) is 5. The molecule has 1 N–H and O–H groups in total. The van der Waals surface area contributed by atoms with E-state index in [0.29, 0.717) is 12.1 Å². The van der Waals surface area contributed by atoms with Crippen LogP contribution in [-0.4, -0.2) is 65.0 Å². The summed E-state index contributed by atoms with van der Waals surface area (Å²) in [6.45, 7) is 5.21. The van der Waals surface area contributed by atoms with E-state index in [1.54, 1.807) is 6.20 Å². The number of H-pyrrole nitrogens is 1. The summed E-state index contributed by atoms with van der Waals surface area (Å²) < 4.78 is 0. The summed E-state index contributed by atoms with van der Waals surface area (Å²) in [5.41, 5.74) is 2.70. The number of anilines is 2. The molecular formula is C24H30N6O. The molecule has 31 heavy (non-hydrogen) atoms. The Labute approximate surface area is 183 Å². The second kappa shape index (κ2) is 8.96. The number of fused-ring (bicyclic) bond motifs is 1. The second-order valence-corrected chi connectivity index (χ2v) is 8.52. The van der Waals surface area contributed by atoms with E-state index in [1.165, 1.54) is 25.7 Å². The molecule has 0 spiro atoms. The third-order valence-corrected chi connectivity index (χ3v) is 6.38. The fourth-order valence-corrected chi connectivity index (χ4v) is 4.60. The minimum absolute atomic E-state index is 0.0707. The number of pyridine rings is 1. The van der Waals surface area contributed by atoms with Crippen LogP contribution in [0.15, 0.2) is 42.6 Å². The Bertz CT molecular complexity index is 989. The number of nitrogens with one attached hydrogen (secondary N) is 1. The molecule has 7 heteroatoms. The number of aromatic nitrogens is 3. The number of carbonyl (C=O) groups is 1. The summed E-state index contributed by atoms with van der Waals surface area (Å²) in [6, 6.07) is 12.0. The van der Waals surface area contributed by atoms with Crippen LogP contribution in [-0.2, 0) is 0 Å². The number of hydrogen-bond donors (Lipinski definition) is 1. The van der Waals surface area contributed by atoms with Crippen molar-refractivity contribution in [3.8, 4) is 0 Å². The van der Waals surface area contributed by atoms with Crippen molar-refractivity contribution < 1.29 is 4.79 Å². The first kappa shape index (κ1) is 19.8. The highest BCUT2D eigenvalue weighted by Gasteiger charge is 2.22. The molecule has 7 nitrogen and oxygen atoms in total. The molecule has 2 saturated heterocycles. The van der Waals surface area contributed by atoms with Crippen molar-refractivity contribution in [2.24, 2.45) is 0 Å². The predicted octanol–water partition coefficient (Wildman–Crippen LogP) is 3.69. The van der Waals surface area contributed by atoms with E-state index in [2.05, 4.69) is 19.8 Å². The molecule has 0 radical (unpaired) electrons. The van der Waals surface area contributed by atoms with E-state index in [1.807, 2.05) is 41.3 Å².